The summed E-state index contributed by atoms with van der Waals surface area (Å²) in [7, 11) is 0. The Balaban J connectivity index is 1.86. The Hall–Kier alpha value is -2.44. The number of esters is 1. The molecule has 0 N–H and O–H groups in total. The molecule has 28 heavy (non-hydrogen) atoms. The Morgan fingerprint density at radius 2 is 1.93 bits per heavy atom. The van der Waals surface area contributed by atoms with Crippen LogP contribution in [-0.2, 0) is 9.53 Å². The van der Waals surface area contributed by atoms with Crippen molar-refractivity contribution in [3.63, 3.8) is 0 Å². The maximum absolute atomic E-state index is 12.9. The van der Waals surface area contributed by atoms with Crippen molar-refractivity contribution in [2.24, 2.45) is 0 Å². The lowest BCUT2D eigenvalue weighted by Gasteiger charge is -2.15. The lowest BCUT2D eigenvalue weighted by Crippen LogP contribution is -2.27. The molecule has 0 aromatic heterocycles. The van der Waals surface area contributed by atoms with Gasteiger partial charge in [-0.15, -0.1) is 0 Å². The molecule has 0 bridgehead atoms. The number of hydrogen-bond acceptors (Lipinski definition) is 5. The summed E-state index contributed by atoms with van der Waals surface area (Å²) in [5, 5.41) is 0. The second-order valence-electron chi connectivity index (χ2n) is 6.61. The molecule has 0 radical (unpaired) electrons. The van der Waals surface area contributed by atoms with Gasteiger partial charge < -0.3 is 4.74 Å². The van der Waals surface area contributed by atoms with Gasteiger partial charge in [-0.05, 0) is 48.2 Å². The molecule has 2 aromatic rings. The number of benzene rings is 2. The second kappa shape index (κ2) is 8.71. The Bertz CT molecular complexity index is 949. The highest BCUT2D eigenvalue weighted by molar-refractivity contribution is 8.27. The van der Waals surface area contributed by atoms with Crippen molar-refractivity contribution in [1.82, 2.24) is 0 Å². The smallest absolute Gasteiger partial charge is 0.338 e. The van der Waals surface area contributed by atoms with Crippen LogP contribution in [0.5, 0.6) is 0 Å². The highest BCUT2D eigenvalue weighted by atomic mass is 32.2. The molecule has 0 atom stereocenters. The third kappa shape index (κ3) is 4.34. The third-order valence-corrected chi connectivity index (χ3v) is 5.61. The van der Waals surface area contributed by atoms with Gasteiger partial charge in [-0.1, -0.05) is 68.2 Å². The maximum atomic E-state index is 12.9. The number of thiocarbonyl (C=S) groups is 1. The van der Waals surface area contributed by atoms with E-state index >= 15 is 0 Å². The van der Waals surface area contributed by atoms with E-state index in [2.05, 4.69) is 26.0 Å². The van der Waals surface area contributed by atoms with E-state index in [9.17, 15) is 9.59 Å². The number of amides is 1. The number of ether oxygens (including phenoxy) is 1. The average molecular weight is 412 g/mol. The summed E-state index contributed by atoms with van der Waals surface area (Å²) < 4.78 is 5.47. The Morgan fingerprint density at radius 1 is 1.21 bits per heavy atom. The van der Waals surface area contributed by atoms with Crippen molar-refractivity contribution in [3.8, 4) is 0 Å². The number of rotatable bonds is 5. The van der Waals surface area contributed by atoms with Gasteiger partial charge in [0.2, 0.25) is 0 Å². The molecule has 1 saturated heterocycles. The third-order valence-electron chi connectivity index (χ3n) is 4.31. The van der Waals surface area contributed by atoms with E-state index in [4.69, 9.17) is 17.0 Å². The predicted octanol–water partition coefficient (Wildman–Crippen LogP) is 5.39. The SMILES string of the molecule is CCOC(=O)c1cccc(N2C(=O)/C(=C\c3ccc(C(C)C)cc3)SC2=S)c1. The van der Waals surface area contributed by atoms with Gasteiger partial charge in [-0.3, -0.25) is 9.69 Å². The molecule has 1 heterocycles. The fourth-order valence-corrected chi connectivity index (χ4v) is 4.10. The molecule has 0 spiro atoms. The molecule has 0 saturated carbocycles. The van der Waals surface area contributed by atoms with Gasteiger partial charge >= 0.3 is 5.97 Å². The number of anilines is 1. The Kier molecular flexibility index (Phi) is 6.31. The maximum Gasteiger partial charge on any atom is 0.338 e. The first-order valence-electron chi connectivity index (χ1n) is 9.05. The molecular weight excluding hydrogens is 390 g/mol. The lowest BCUT2D eigenvalue weighted by atomic mass is 10.0. The first-order chi connectivity index (χ1) is 13.4. The van der Waals surface area contributed by atoms with Crippen molar-refractivity contribution in [3.05, 3.63) is 70.1 Å². The number of thioether (sulfide) groups is 1. The van der Waals surface area contributed by atoms with Crippen LogP contribution in [0.4, 0.5) is 5.69 Å². The summed E-state index contributed by atoms with van der Waals surface area (Å²) in [6.07, 6.45) is 1.85. The molecule has 1 fully saturated rings. The number of hydrogen-bond donors (Lipinski definition) is 0. The molecule has 1 aliphatic heterocycles. The van der Waals surface area contributed by atoms with Crippen molar-refractivity contribution in [2.75, 3.05) is 11.5 Å². The minimum atomic E-state index is -0.421. The topological polar surface area (TPSA) is 46.6 Å². The van der Waals surface area contributed by atoms with Crippen LogP contribution in [-0.4, -0.2) is 22.8 Å². The minimum Gasteiger partial charge on any atom is -0.462 e. The summed E-state index contributed by atoms with van der Waals surface area (Å²) in [6, 6.07) is 14.9. The zero-order valence-corrected chi connectivity index (χ0v) is 17.6. The zero-order chi connectivity index (χ0) is 20.3. The van der Waals surface area contributed by atoms with Crippen molar-refractivity contribution in [2.45, 2.75) is 26.7 Å². The molecule has 0 aliphatic carbocycles. The number of nitrogens with zero attached hydrogens (tertiary/aromatic N) is 1. The highest BCUT2D eigenvalue weighted by Gasteiger charge is 2.33. The van der Waals surface area contributed by atoms with Gasteiger partial charge in [-0.2, -0.15) is 0 Å². The van der Waals surface area contributed by atoms with Crippen LogP contribution >= 0.6 is 24.0 Å². The average Bonchev–Trinajstić information content (AvgIpc) is 2.95. The van der Waals surface area contributed by atoms with E-state index in [1.807, 2.05) is 18.2 Å². The van der Waals surface area contributed by atoms with Gasteiger partial charge in [0.1, 0.15) is 0 Å². The Morgan fingerprint density at radius 3 is 2.57 bits per heavy atom. The van der Waals surface area contributed by atoms with E-state index in [1.165, 1.54) is 22.2 Å². The summed E-state index contributed by atoms with van der Waals surface area (Å²) in [5.74, 6) is -0.154. The van der Waals surface area contributed by atoms with E-state index < -0.39 is 5.97 Å². The van der Waals surface area contributed by atoms with Gasteiger partial charge in [0.15, 0.2) is 4.32 Å². The molecule has 4 nitrogen and oxygen atoms in total. The molecular formula is C22H21NO3S2. The summed E-state index contributed by atoms with van der Waals surface area (Å²) >= 11 is 6.68. The Labute approximate surface area is 174 Å². The summed E-state index contributed by atoms with van der Waals surface area (Å²) in [5.41, 5.74) is 3.15. The van der Waals surface area contributed by atoms with Gasteiger partial charge in [0.25, 0.3) is 5.91 Å². The zero-order valence-electron chi connectivity index (χ0n) is 16.0. The molecule has 144 valence electrons. The number of carbonyl (C=O) groups is 2. The van der Waals surface area contributed by atoms with Crippen LogP contribution in [0.3, 0.4) is 0 Å². The number of carbonyl (C=O) groups excluding carboxylic acids is 2. The van der Waals surface area contributed by atoms with E-state index in [-0.39, 0.29) is 5.91 Å². The summed E-state index contributed by atoms with van der Waals surface area (Å²) in [4.78, 5) is 26.9. The predicted molar refractivity (Wildman–Crippen MR) is 119 cm³/mol. The quantitative estimate of drug-likeness (QED) is 0.375. The van der Waals surface area contributed by atoms with E-state index in [0.717, 1.165) is 5.56 Å². The fourth-order valence-electron chi connectivity index (χ4n) is 2.81. The van der Waals surface area contributed by atoms with Crippen LogP contribution in [0.25, 0.3) is 6.08 Å². The minimum absolute atomic E-state index is 0.191. The van der Waals surface area contributed by atoms with Crippen molar-refractivity contribution >= 4 is 51.9 Å². The van der Waals surface area contributed by atoms with Crippen LogP contribution < -0.4 is 4.90 Å². The molecule has 0 unspecified atom stereocenters. The molecule has 6 heteroatoms. The molecule has 1 amide bonds. The molecule has 1 aliphatic rings. The van der Waals surface area contributed by atoms with Gasteiger partial charge in [0.05, 0.1) is 22.8 Å². The highest BCUT2D eigenvalue weighted by Crippen LogP contribution is 2.36. The van der Waals surface area contributed by atoms with Gasteiger partial charge in [-0.25, -0.2) is 4.79 Å². The summed E-state index contributed by atoms with van der Waals surface area (Å²) in [6.45, 7) is 6.33. The first kappa shape index (κ1) is 20.3. The van der Waals surface area contributed by atoms with Crippen molar-refractivity contribution < 1.29 is 14.3 Å². The standard InChI is InChI=1S/C22H21NO3S2/c1-4-26-21(25)17-6-5-7-18(13-17)23-20(24)19(28-22(23)27)12-15-8-10-16(11-9-15)14(2)3/h5-14H,4H2,1-3H3/b19-12+. The molecule has 3 rings (SSSR count). The van der Waals surface area contributed by atoms with Crippen LogP contribution in [0.1, 0.15) is 48.2 Å². The largest absolute Gasteiger partial charge is 0.462 e. The first-order valence-corrected chi connectivity index (χ1v) is 10.3. The monoisotopic (exact) mass is 411 g/mol. The normalized spacial score (nSPS) is 15.6. The van der Waals surface area contributed by atoms with E-state index in [0.29, 0.717) is 33.0 Å². The molecule has 2 aromatic carbocycles. The second-order valence-corrected chi connectivity index (χ2v) is 8.29. The van der Waals surface area contributed by atoms with Crippen LogP contribution in [0, 0.1) is 0 Å². The lowest BCUT2D eigenvalue weighted by molar-refractivity contribution is -0.113. The van der Waals surface area contributed by atoms with E-state index in [1.54, 1.807) is 31.2 Å². The van der Waals surface area contributed by atoms with Crippen LogP contribution in [0.15, 0.2) is 53.4 Å². The van der Waals surface area contributed by atoms with Gasteiger partial charge in [0, 0.05) is 0 Å². The van der Waals surface area contributed by atoms with Crippen LogP contribution in [0.2, 0.25) is 0 Å². The fraction of sp³-hybridized carbons (Fsp3) is 0.227. The van der Waals surface area contributed by atoms with Crippen molar-refractivity contribution in [1.29, 1.82) is 0 Å².